The van der Waals surface area contributed by atoms with Crippen molar-refractivity contribution in [2.75, 3.05) is 0 Å². The van der Waals surface area contributed by atoms with Crippen molar-refractivity contribution < 1.29 is 9.90 Å². The van der Waals surface area contributed by atoms with Gasteiger partial charge in [0.05, 0.1) is 5.56 Å². The van der Waals surface area contributed by atoms with Gasteiger partial charge in [0.15, 0.2) is 0 Å². The summed E-state index contributed by atoms with van der Waals surface area (Å²) >= 11 is 0. The van der Waals surface area contributed by atoms with E-state index < -0.39 is 5.97 Å². The van der Waals surface area contributed by atoms with Gasteiger partial charge >= 0.3 is 5.97 Å². The summed E-state index contributed by atoms with van der Waals surface area (Å²) in [5, 5.41) is 12.5. The number of aromatic carboxylic acids is 1. The maximum absolute atomic E-state index is 10.5. The van der Waals surface area contributed by atoms with E-state index in [1.54, 1.807) is 18.5 Å². The summed E-state index contributed by atoms with van der Waals surface area (Å²) < 4.78 is 1.45. The zero-order valence-electron chi connectivity index (χ0n) is 7.03. The molecule has 6 nitrogen and oxygen atoms in total. The summed E-state index contributed by atoms with van der Waals surface area (Å²) in [6.07, 6.45) is 5.75. The van der Waals surface area contributed by atoms with E-state index in [-0.39, 0.29) is 5.56 Å². The van der Waals surface area contributed by atoms with Crippen LogP contribution in [0.2, 0.25) is 0 Å². The molecule has 0 unspecified atom stereocenters. The maximum atomic E-state index is 10.5. The van der Waals surface area contributed by atoms with Gasteiger partial charge in [0.2, 0.25) is 5.95 Å². The normalized spacial score (nSPS) is 10.0. The third-order valence-corrected chi connectivity index (χ3v) is 1.59. The lowest BCUT2D eigenvalue weighted by atomic mass is 10.4. The molecule has 0 radical (unpaired) electrons. The summed E-state index contributed by atoms with van der Waals surface area (Å²) in [4.78, 5) is 18.2. The van der Waals surface area contributed by atoms with Crippen LogP contribution in [0.5, 0.6) is 0 Å². The molecule has 0 amide bonds. The largest absolute Gasteiger partial charge is 0.478 e. The van der Waals surface area contributed by atoms with Gasteiger partial charge in [-0.05, 0) is 6.07 Å². The number of carboxylic acids is 1. The molecular formula is C8H6N4O2. The molecule has 0 aliphatic rings. The Morgan fingerprint density at radius 3 is 2.57 bits per heavy atom. The molecule has 2 aromatic heterocycles. The van der Waals surface area contributed by atoms with Crippen LogP contribution in [0.1, 0.15) is 10.4 Å². The lowest BCUT2D eigenvalue weighted by molar-refractivity contribution is 0.0696. The van der Waals surface area contributed by atoms with Crippen LogP contribution in [0.3, 0.4) is 0 Å². The molecule has 14 heavy (non-hydrogen) atoms. The average Bonchev–Trinajstić information content (AvgIpc) is 2.71. The lowest BCUT2D eigenvalue weighted by Gasteiger charge is -1.98. The zero-order chi connectivity index (χ0) is 9.97. The molecule has 2 aromatic rings. The zero-order valence-corrected chi connectivity index (χ0v) is 7.03. The van der Waals surface area contributed by atoms with Crippen molar-refractivity contribution in [1.82, 2.24) is 19.7 Å². The van der Waals surface area contributed by atoms with Crippen LogP contribution in [0.15, 0.2) is 30.9 Å². The Kier molecular flexibility index (Phi) is 1.94. The van der Waals surface area contributed by atoms with E-state index in [1.807, 2.05) is 0 Å². The fourth-order valence-corrected chi connectivity index (χ4v) is 0.937. The van der Waals surface area contributed by atoms with Gasteiger partial charge in [0.25, 0.3) is 0 Å². The lowest BCUT2D eigenvalue weighted by Crippen LogP contribution is -2.04. The number of carbonyl (C=O) groups is 1. The molecule has 1 N–H and O–H groups in total. The van der Waals surface area contributed by atoms with Crippen LogP contribution in [-0.4, -0.2) is 30.8 Å². The number of hydrogen-bond donors (Lipinski definition) is 1. The monoisotopic (exact) mass is 190 g/mol. The minimum atomic E-state index is -1.04. The van der Waals surface area contributed by atoms with Crippen LogP contribution >= 0.6 is 0 Å². The highest BCUT2D eigenvalue weighted by Crippen LogP contribution is 1.99. The number of rotatable bonds is 2. The van der Waals surface area contributed by atoms with Gasteiger partial charge in [-0.15, -0.1) is 0 Å². The highest BCUT2D eigenvalue weighted by Gasteiger charge is 2.04. The smallest absolute Gasteiger partial charge is 0.338 e. The highest BCUT2D eigenvalue weighted by atomic mass is 16.4. The van der Waals surface area contributed by atoms with Crippen molar-refractivity contribution in [3.05, 3.63) is 36.4 Å². The second-order valence-electron chi connectivity index (χ2n) is 2.53. The Labute approximate surface area is 78.9 Å². The topological polar surface area (TPSA) is 80.9 Å². The SMILES string of the molecule is O=C(O)c1cnc(-n2cccn2)nc1. The number of nitrogens with zero attached hydrogens (tertiary/aromatic N) is 4. The molecule has 2 heterocycles. The third kappa shape index (κ3) is 1.45. The van der Waals surface area contributed by atoms with Crippen LogP contribution in [0.25, 0.3) is 5.95 Å². The van der Waals surface area contributed by atoms with Gasteiger partial charge in [-0.3, -0.25) is 0 Å². The van der Waals surface area contributed by atoms with Gasteiger partial charge in [-0.2, -0.15) is 5.10 Å². The molecule has 0 fully saturated rings. The van der Waals surface area contributed by atoms with Gasteiger partial charge in [-0.1, -0.05) is 0 Å². The molecule has 0 aromatic carbocycles. The van der Waals surface area contributed by atoms with Crippen LogP contribution in [-0.2, 0) is 0 Å². The number of hydrogen-bond acceptors (Lipinski definition) is 4. The second kappa shape index (κ2) is 3.25. The van der Waals surface area contributed by atoms with Gasteiger partial charge < -0.3 is 5.11 Å². The molecule has 0 aliphatic carbocycles. The molecule has 6 heteroatoms. The van der Waals surface area contributed by atoms with Gasteiger partial charge in [0, 0.05) is 24.8 Å². The quantitative estimate of drug-likeness (QED) is 0.739. The van der Waals surface area contributed by atoms with E-state index in [0.717, 1.165) is 0 Å². The number of carboxylic acid groups (broad SMARTS) is 1. The Morgan fingerprint density at radius 2 is 2.07 bits per heavy atom. The molecule has 2 rings (SSSR count). The van der Waals surface area contributed by atoms with E-state index in [9.17, 15) is 4.79 Å². The summed E-state index contributed by atoms with van der Waals surface area (Å²) in [6.45, 7) is 0. The van der Waals surface area contributed by atoms with Crippen molar-refractivity contribution in [1.29, 1.82) is 0 Å². The minimum absolute atomic E-state index is 0.0564. The van der Waals surface area contributed by atoms with Gasteiger partial charge in [-0.25, -0.2) is 19.4 Å². The molecule has 0 atom stereocenters. The maximum Gasteiger partial charge on any atom is 0.338 e. The first kappa shape index (κ1) is 8.36. The van der Waals surface area contributed by atoms with Crippen LogP contribution in [0.4, 0.5) is 0 Å². The predicted octanol–water partition coefficient (Wildman–Crippen LogP) is 0.360. The molecule has 0 spiro atoms. The first-order valence-electron chi connectivity index (χ1n) is 3.83. The molecule has 0 bridgehead atoms. The Bertz CT molecular complexity index is 435. The van der Waals surface area contributed by atoms with E-state index in [0.29, 0.717) is 5.95 Å². The molecule has 0 saturated heterocycles. The first-order valence-corrected chi connectivity index (χ1v) is 3.83. The molecular weight excluding hydrogens is 184 g/mol. The van der Waals surface area contributed by atoms with Crippen molar-refractivity contribution in [2.24, 2.45) is 0 Å². The molecule has 0 saturated carbocycles. The number of aromatic nitrogens is 4. The van der Waals surface area contributed by atoms with E-state index in [4.69, 9.17) is 5.11 Å². The Balaban J connectivity index is 2.36. The third-order valence-electron chi connectivity index (χ3n) is 1.59. The fraction of sp³-hybridized carbons (Fsp3) is 0. The van der Waals surface area contributed by atoms with E-state index in [2.05, 4.69) is 15.1 Å². The van der Waals surface area contributed by atoms with E-state index in [1.165, 1.54) is 17.1 Å². The average molecular weight is 190 g/mol. The van der Waals surface area contributed by atoms with Crippen molar-refractivity contribution in [3.63, 3.8) is 0 Å². The van der Waals surface area contributed by atoms with Crippen LogP contribution < -0.4 is 0 Å². The van der Waals surface area contributed by atoms with Crippen molar-refractivity contribution >= 4 is 5.97 Å². The first-order chi connectivity index (χ1) is 6.77. The Morgan fingerprint density at radius 1 is 1.36 bits per heavy atom. The summed E-state index contributed by atoms with van der Waals surface area (Å²) in [5.74, 6) is -0.697. The summed E-state index contributed by atoms with van der Waals surface area (Å²) in [7, 11) is 0. The Hall–Kier alpha value is -2.24. The summed E-state index contributed by atoms with van der Waals surface area (Å²) in [6, 6.07) is 1.73. The highest BCUT2D eigenvalue weighted by molar-refractivity contribution is 5.86. The molecule has 70 valence electrons. The second-order valence-corrected chi connectivity index (χ2v) is 2.53. The van der Waals surface area contributed by atoms with Gasteiger partial charge in [0.1, 0.15) is 0 Å². The molecule has 0 aliphatic heterocycles. The summed E-state index contributed by atoms with van der Waals surface area (Å²) in [5.41, 5.74) is 0.0564. The standard InChI is InChI=1S/C8H6N4O2/c13-7(14)6-4-9-8(10-5-6)12-3-1-2-11-12/h1-5H,(H,13,14). The minimum Gasteiger partial charge on any atom is -0.478 e. The van der Waals surface area contributed by atoms with Crippen molar-refractivity contribution in [3.8, 4) is 5.95 Å². The van der Waals surface area contributed by atoms with E-state index >= 15 is 0 Å². The van der Waals surface area contributed by atoms with Crippen molar-refractivity contribution in [2.45, 2.75) is 0 Å². The van der Waals surface area contributed by atoms with Crippen LogP contribution in [0, 0.1) is 0 Å². The predicted molar refractivity (Wildman–Crippen MR) is 46.1 cm³/mol. The fourth-order valence-electron chi connectivity index (χ4n) is 0.937.